The third kappa shape index (κ3) is 4.97. The van der Waals surface area contributed by atoms with Gasteiger partial charge in [0.1, 0.15) is 17.7 Å². The first-order valence-electron chi connectivity index (χ1n) is 10.2. The van der Waals surface area contributed by atoms with E-state index in [0.29, 0.717) is 11.3 Å². The highest BCUT2D eigenvalue weighted by Gasteiger charge is 2.17. The Morgan fingerprint density at radius 1 is 1.07 bits per heavy atom. The largest absolute Gasteiger partial charge is 0.507 e. The Kier molecular flexibility index (Phi) is 6.81. The average Bonchev–Trinajstić information content (AvgIpc) is 2.69. The van der Waals surface area contributed by atoms with Crippen LogP contribution >= 0.6 is 0 Å². The van der Waals surface area contributed by atoms with Crippen LogP contribution in [0.1, 0.15) is 61.9 Å². The summed E-state index contributed by atoms with van der Waals surface area (Å²) in [6.07, 6.45) is 3.46. The van der Waals surface area contributed by atoms with Gasteiger partial charge in [-0.15, -0.1) is 0 Å². The van der Waals surface area contributed by atoms with E-state index in [4.69, 9.17) is 10.5 Å². The summed E-state index contributed by atoms with van der Waals surface area (Å²) in [6, 6.07) is 12.0. The van der Waals surface area contributed by atoms with Gasteiger partial charge in [0.2, 0.25) is 0 Å². The standard InChI is InChI=1S/C23H33N3O2/c1-16(2)19-13-20(21(27)14-22(19)28-3)23(24)25-18-9-7-17(8-10-18)15-26-11-5-4-6-12-26/h7-10,13-14,16,23,25,27H,4-6,11-12,15,24H2,1-3H3. The summed E-state index contributed by atoms with van der Waals surface area (Å²) in [4.78, 5) is 2.51. The van der Waals surface area contributed by atoms with Crippen LogP contribution in [0.4, 0.5) is 5.69 Å². The summed E-state index contributed by atoms with van der Waals surface area (Å²) in [7, 11) is 1.62. The van der Waals surface area contributed by atoms with Crippen LogP contribution in [0.25, 0.3) is 0 Å². The summed E-state index contributed by atoms with van der Waals surface area (Å²) in [5, 5.41) is 13.7. The molecule has 2 aromatic carbocycles. The van der Waals surface area contributed by atoms with Crippen molar-refractivity contribution in [3.8, 4) is 11.5 Å². The molecular formula is C23H33N3O2. The van der Waals surface area contributed by atoms with E-state index in [1.54, 1.807) is 13.2 Å². The molecule has 2 aromatic rings. The van der Waals surface area contributed by atoms with Crippen LogP contribution in [-0.4, -0.2) is 30.2 Å². The molecule has 0 amide bonds. The zero-order chi connectivity index (χ0) is 20.1. The van der Waals surface area contributed by atoms with Gasteiger partial charge in [0, 0.05) is 23.9 Å². The molecule has 0 aromatic heterocycles. The van der Waals surface area contributed by atoms with Crippen molar-refractivity contribution in [3.63, 3.8) is 0 Å². The van der Waals surface area contributed by atoms with Crippen molar-refractivity contribution >= 4 is 5.69 Å². The highest BCUT2D eigenvalue weighted by atomic mass is 16.5. The fraction of sp³-hybridized carbons (Fsp3) is 0.478. The maximum absolute atomic E-state index is 10.4. The molecule has 0 radical (unpaired) electrons. The zero-order valence-corrected chi connectivity index (χ0v) is 17.2. The molecule has 1 fully saturated rings. The first-order chi connectivity index (χ1) is 13.5. The van der Waals surface area contributed by atoms with Gasteiger partial charge in [-0.1, -0.05) is 32.4 Å². The number of nitrogens with two attached hydrogens (primary N) is 1. The van der Waals surface area contributed by atoms with E-state index in [9.17, 15) is 5.11 Å². The lowest BCUT2D eigenvalue weighted by atomic mass is 9.97. The molecule has 1 heterocycles. The van der Waals surface area contributed by atoms with Crippen molar-refractivity contribution in [2.75, 3.05) is 25.5 Å². The number of nitrogens with one attached hydrogen (secondary N) is 1. The van der Waals surface area contributed by atoms with E-state index >= 15 is 0 Å². The topological polar surface area (TPSA) is 70.8 Å². The Morgan fingerprint density at radius 3 is 2.36 bits per heavy atom. The number of phenolic OH excluding ortho intramolecular Hbond substituents is 1. The van der Waals surface area contributed by atoms with Crippen LogP contribution in [0, 0.1) is 0 Å². The van der Waals surface area contributed by atoms with Gasteiger partial charge in [-0.3, -0.25) is 4.90 Å². The SMILES string of the molecule is COc1cc(O)c(C(N)Nc2ccc(CN3CCCCC3)cc2)cc1C(C)C. The summed E-state index contributed by atoms with van der Waals surface area (Å²) in [5.41, 5.74) is 10.3. The predicted molar refractivity (Wildman–Crippen MR) is 115 cm³/mol. The number of phenols is 1. The van der Waals surface area contributed by atoms with Crippen molar-refractivity contribution in [2.24, 2.45) is 5.73 Å². The normalized spacial score (nSPS) is 16.2. The third-order valence-electron chi connectivity index (χ3n) is 5.47. The predicted octanol–water partition coefficient (Wildman–Crippen LogP) is 4.58. The fourth-order valence-corrected chi connectivity index (χ4v) is 3.82. The second kappa shape index (κ2) is 9.30. The van der Waals surface area contributed by atoms with Crippen LogP contribution in [0.5, 0.6) is 11.5 Å². The minimum absolute atomic E-state index is 0.142. The molecule has 28 heavy (non-hydrogen) atoms. The molecule has 1 unspecified atom stereocenters. The number of rotatable bonds is 7. The van der Waals surface area contributed by atoms with Gasteiger partial charge in [0.15, 0.2) is 0 Å². The van der Waals surface area contributed by atoms with Gasteiger partial charge in [-0.25, -0.2) is 0 Å². The molecule has 0 saturated carbocycles. The van der Waals surface area contributed by atoms with Crippen LogP contribution in [-0.2, 0) is 6.54 Å². The summed E-state index contributed by atoms with van der Waals surface area (Å²) in [6.45, 7) is 7.58. The van der Waals surface area contributed by atoms with E-state index in [0.717, 1.165) is 17.8 Å². The van der Waals surface area contributed by atoms with Gasteiger partial charge < -0.3 is 20.9 Å². The van der Waals surface area contributed by atoms with E-state index < -0.39 is 6.17 Å². The van der Waals surface area contributed by atoms with E-state index in [-0.39, 0.29) is 11.7 Å². The molecule has 0 bridgehead atoms. The Balaban J connectivity index is 1.68. The van der Waals surface area contributed by atoms with Crippen molar-refractivity contribution < 1.29 is 9.84 Å². The second-order valence-electron chi connectivity index (χ2n) is 7.96. The fourth-order valence-electron chi connectivity index (χ4n) is 3.82. The van der Waals surface area contributed by atoms with Crippen molar-refractivity contribution in [1.82, 2.24) is 4.90 Å². The second-order valence-corrected chi connectivity index (χ2v) is 7.96. The number of benzene rings is 2. The third-order valence-corrected chi connectivity index (χ3v) is 5.47. The first kappa shape index (κ1) is 20.5. The lowest BCUT2D eigenvalue weighted by Crippen LogP contribution is -2.29. The van der Waals surface area contributed by atoms with Gasteiger partial charge in [-0.05, 0) is 61.2 Å². The molecule has 5 heteroatoms. The Bertz CT molecular complexity index is 768. The molecule has 0 aliphatic carbocycles. The number of hydrogen-bond acceptors (Lipinski definition) is 5. The molecule has 4 N–H and O–H groups in total. The lowest BCUT2D eigenvalue weighted by molar-refractivity contribution is 0.221. The van der Waals surface area contributed by atoms with Crippen molar-refractivity contribution in [2.45, 2.75) is 51.7 Å². The molecular weight excluding hydrogens is 350 g/mol. The maximum atomic E-state index is 10.4. The van der Waals surface area contributed by atoms with E-state index in [1.807, 2.05) is 6.07 Å². The molecule has 0 spiro atoms. The minimum atomic E-state index is -0.503. The number of piperidine rings is 1. The summed E-state index contributed by atoms with van der Waals surface area (Å²) in [5.74, 6) is 1.10. The van der Waals surface area contributed by atoms with Crippen LogP contribution in [0.2, 0.25) is 0 Å². The van der Waals surface area contributed by atoms with Crippen LogP contribution in [0.3, 0.4) is 0 Å². The number of anilines is 1. The first-order valence-corrected chi connectivity index (χ1v) is 10.2. The van der Waals surface area contributed by atoms with E-state index in [2.05, 4.69) is 48.3 Å². The molecule has 5 nitrogen and oxygen atoms in total. The average molecular weight is 384 g/mol. The van der Waals surface area contributed by atoms with Gasteiger partial charge >= 0.3 is 0 Å². The van der Waals surface area contributed by atoms with Crippen molar-refractivity contribution in [3.05, 3.63) is 53.1 Å². The highest BCUT2D eigenvalue weighted by Crippen LogP contribution is 2.35. The molecule has 152 valence electrons. The van der Waals surface area contributed by atoms with Gasteiger partial charge in [0.25, 0.3) is 0 Å². The lowest BCUT2D eigenvalue weighted by Gasteiger charge is -2.26. The number of nitrogens with zero attached hydrogens (tertiary/aromatic N) is 1. The number of ether oxygens (including phenoxy) is 1. The number of aromatic hydroxyl groups is 1. The quantitative estimate of drug-likeness (QED) is 0.611. The number of methoxy groups -OCH3 is 1. The summed E-state index contributed by atoms with van der Waals surface area (Å²) >= 11 is 0. The molecule has 3 rings (SSSR count). The number of hydrogen-bond donors (Lipinski definition) is 3. The molecule has 1 saturated heterocycles. The monoisotopic (exact) mass is 383 g/mol. The molecule has 1 aliphatic rings. The minimum Gasteiger partial charge on any atom is -0.507 e. The smallest absolute Gasteiger partial charge is 0.126 e. The van der Waals surface area contributed by atoms with Crippen LogP contribution < -0.4 is 15.8 Å². The maximum Gasteiger partial charge on any atom is 0.126 e. The van der Waals surface area contributed by atoms with Crippen molar-refractivity contribution in [1.29, 1.82) is 0 Å². The molecule has 1 atom stereocenters. The Hall–Kier alpha value is -2.24. The van der Waals surface area contributed by atoms with Crippen LogP contribution in [0.15, 0.2) is 36.4 Å². The zero-order valence-electron chi connectivity index (χ0n) is 17.2. The Labute approximate surface area is 168 Å². The van der Waals surface area contributed by atoms with Gasteiger partial charge in [0.05, 0.1) is 7.11 Å². The highest BCUT2D eigenvalue weighted by molar-refractivity contribution is 5.52. The molecule has 1 aliphatic heterocycles. The number of likely N-dealkylation sites (tertiary alicyclic amines) is 1. The van der Waals surface area contributed by atoms with Gasteiger partial charge in [-0.2, -0.15) is 0 Å². The Morgan fingerprint density at radius 2 is 1.75 bits per heavy atom. The summed E-state index contributed by atoms with van der Waals surface area (Å²) < 4.78 is 5.39. The van der Waals surface area contributed by atoms with E-state index in [1.165, 1.54) is 37.9 Å².